The van der Waals surface area contributed by atoms with Gasteiger partial charge in [0.25, 0.3) is 0 Å². The number of carbonyl (C=O) groups is 1. The highest BCUT2D eigenvalue weighted by Crippen LogP contribution is 2.33. The van der Waals surface area contributed by atoms with Crippen LogP contribution in [0.3, 0.4) is 0 Å². The molecule has 13 heteroatoms. The third kappa shape index (κ3) is 6.81. The maximum atomic E-state index is 14.7. The quantitative estimate of drug-likeness (QED) is 0.163. The number of aromatic nitrogens is 7. The molecule has 1 aromatic carbocycles. The van der Waals surface area contributed by atoms with Gasteiger partial charge in [0.1, 0.15) is 29.4 Å². The molecule has 0 spiro atoms. The lowest BCUT2D eigenvalue weighted by molar-refractivity contribution is -0.117. The number of rotatable bonds is 10. The number of benzene rings is 1. The molecule has 6 aromatic rings. The molecule has 1 aliphatic heterocycles. The van der Waals surface area contributed by atoms with Crippen LogP contribution >= 0.6 is 0 Å². The summed E-state index contributed by atoms with van der Waals surface area (Å²) in [7, 11) is 3.90. The number of carbonyl (C=O) groups excluding carboxylic acids is 1. The Kier molecular flexibility index (Phi) is 8.55. The normalized spacial score (nSPS) is 13.9. The fraction of sp³-hybridized carbons (Fsp3) is 0.294. The van der Waals surface area contributed by atoms with Gasteiger partial charge in [0.15, 0.2) is 5.82 Å². The molecule has 240 valence electrons. The molecule has 5 aromatic heterocycles. The first kappa shape index (κ1) is 30.4. The molecule has 1 fully saturated rings. The van der Waals surface area contributed by atoms with Crippen LogP contribution in [-0.4, -0.2) is 86.3 Å². The number of anilines is 1. The number of pyridine rings is 3. The Bertz CT molecular complexity index is 2050. The van der Waals surface area contributed by atoms with Gasteiger partial charge < -0.3 is 25.3 Å². The van der Waals surface area contributed by atoms with E-state index in [4.69, 9.17) is 9.72 Å². The van der Waals surface area contributed by atoms with Gasteiger partial charge in [0, 0.05) is 47.9 Å². The van der Waals surface area contributed by atoms with E-state index in [0.29, 0.717) is 70.9 Å². The highest BCUT2D eigenvalue weighted by molar-refractivity contribution is 5.97. The van der Waals surface area contributed by atoms with Crippen molar-refractivity contribution >= 4 is 33.5 Å². The van der Waals surface area contributed by atoms with Crippen LogP contribution in [0.4, 0.5) is 10.1 Å². The van der Waals surface area contributed by atoms with Crippen molar-refractivity contribution in [1.82, 2.24) is 45.3 Å². The molecule has 0 radical (unpaired) electrons. The zero-order valence-electron chi connectivity index (χ0n) is 26.2. The third-order valence-electron chi connectivity index (χ3n) is 8.28. The number of hydrogen-bond acceptors (Lipinski definition) is 9. The summed E-state index contributed by atoms with van der Waals surface area (Å²) in [6.45, 7) is 3.03. The van der Waals surface area contributed by atoms with Crippen molar-refractivity contribution < 1.29 is 13.9 Å². The van der Waals surface area contributed by atoms with Gasteiger partial charge in [0.05, 0.1) is 40.5 Å². The first-order chi connectivity index (χ1) is 22.9. The summed E-state index contributed by atoms with van der Waals surface area (Å²) in [5.41, 5.74) is 5.75. The second kappa shape index (κ2) is 13.2. The van der Waals surface area contributed by atoms with Crippen LogP contribution in [0.2, 0.25) is 0 Å². The van der Waals surface area contributed by atoms with Gasteiger partial charge in [-0.1, -0.05) is 0 Å². The monoisotopic (exact) mass is 634 g/mol. The number of hydrogen-bond donors (Lipinski definition) is 4. The standard InChI is InChI=1S/C34H35FN10O2/c1-45(2)9-10-47-25-14-21(12-23(35)15-25)31-33-27(5-8-38-31)41-34(42-33)32-26-16-28(39-19-29(26)43-44-32)22-13-24(18-37-17-22)40-30(46)11-20-3-6-36-7-4-20/h5,8,12-20,36H,3-4,6-7,9-11H2,1-2H3,(H,40,46)(H,41,42)(H,43,44). The van der Waals surface area contributed by atoms with Gasteiger partial charge in [-0.25, -0.2) is 9.37 Å². The fourth-order valence-corrected chi connectivity index (χ4v) is 5.85. The number of piperidine rings is 1. The SMILES string of the molecule is CN(C)CCOc1cc(F)cc(-c2nccc3[nH]c(-c4n[nH]c5cnc(-c6cncc(NC(=O)CC7CCNCC7)c6)cc45)nc23)c1. The number of nitrogens with one attached hydrogen (secondary N) is 4. The molecule has 7 rings (SSSR count). The Morgan fingerprint density at radius 2 is 1.89 bits per heavy atom. The summed E-state index contributed by atoms with van der Waals surface area (Å²) < 4.78 is 20.5. The van der Waals surface area contributed by atoms with Crippen LogP contribution in [0.5, 0.6) is 5.75 Å². The number of aromatic amines is 2. The van der Waals surface area contributed by atoms with Crippen molar-refractivity contribution in [3.63, 3.8) is 0 Å². The first-order valence-electron chi connectivity index (χ1n) is 15.6. The predicted octanol–water partition coefficient (Wildman–Crippen LogP) is 5.03. The van der Waals surface area contributed by atoms with Crippen LogP contribution in [-0.2, 0) is 4.79 Å². The van der Waals surface area contributed by atoms with Crippen molar-refractivity contribution in [3.05, 3.63) is 67.0 Å². The molecular formula is C34H35FN10O2. The lowest BCUT2D eigenvalue weighted by Gasteiger charge is -2.21. The van der Waals surface area contributed by atoms with E-state index >= 15 is 0 Å². The van der Waals surface area contributed by atoms with Gasteiger partial charge in [-0.2, -0.15) is 5.10 Å². The Hall–Kier alpha value is -5.27. The van der Waals surface area contributed by atoms with Crippen molar-refractivity contribution in [2.24, 2.45) is 5.92 Å². The van der Waals surface area contributed by atoms with E-state index in [-0.39, 0.29) is 5.91 Å². The molecule has 1 amide bonds. The van der Waals surface area contributed by atoms with Crippen LogP contribution in [0.15, 0.2) is 61.2 Å². The maximum Gasteiger partial charge on any atom is 0.224 e. The Morgan fingerprint density at radius 1 is 1.02 bits per heavy atom. The van der Waals surface area contributed by atoms with Crippen LogP contribution in [0.25, 0.3) is 56.0 Å². The largest absolute Gasteiger partial charge is 0.492 e. The minimum atomic E-state index is -0.421. The number of halogens is 1. The predicted molar refractivity (Wildman–Crippen MR) is 178 cm³/mol. The third-order valence-corrected chi connectivity index (χ3v) is 8.28. The molecule has 0 bridgehead atoms. The number of fused-ring (bicyclic) bond motifs is 2. The number of amides is 1. The van der Waals surface area contributed by atoms with Crippen molar-refractivity contribution in [2.45, 2.75) is 19.3 Å². The molecular weight excluding hydrogens is 599 g/mol. The first-order valence-corrected chi connectivity index (χ1v) is 15.6. The van der Waals surface area contributed by atoms with Gasteiger partial charge >= 0.3 is 0 Å². The molecule has 0 aliphatic carbocycles. The average molecular weight is 635 g/mol. The van der Waals surface area contributed by atoms with E-state index in [1.807, 2.05) is 37.2 Å². The van der Waals surface area contributed by atoms with E-state index in [1.165, 1.54) is 12.1 Å². The van der Waals surface area contributed by atoms with Gasteiger partial charge in [0.2, 0.25) is 5.91 Å². The lowest BCUT2D eigenvalue weighted by Crippen LogP contribution is -2.30. The molecule has 47 heavy (non-hydrogen) atoms. The smallest absolute Gasteiger partial charge is 0.224 e. The molecule has 1 aliphatic rings. The Balaban J connectivity index is 1.16. The summed E-state index contributed by atoms with van der Waals surface area (Å²) >= 11 is 0. The van der Waals surface area contributed by atoms with E-state index < -0.39 is 5.82 Å². The van der Waals surface area contributed by atoms with E-state index in [1.54, 1.807) is 30.9 Å². The van der Waals surface area contributed by atoms with Crippen LogP contribution in [0.1, 0.15) is 19.3 Å². The average Bonchev–Trinajstić information content (AvgIpc) is 3.69. The molecule has 0 unspecified atom stereocenters. The highest BCUT2D eigenvalue weighted by Gasteiger charge is 2.19. The van der Waals surface area contributed by atoms with E-state index in [2.05, 4.69) is 40.8 Å². The van der Waals surface area contributed by atoms with Crippen LogP contribution < -0.4 is 15.4 Å². The number of likely N-dealkylation sites (N-methyl/N-ethyl adjacent to an activating group) is 1. The summed E-state index contributed by atoms with van der Waals surface area (Å²) in [4.78, 5) is 36.5. The summed E-state index contributed by atoms with van der Waals surface area (Å²) in [5, 5.41) is 14.7. The summed E-state index contributed by atoms with van der Waals surface area (Å²) in [6, 6.07) is 10.2. The van der Waals surface area contributed by atoms with Crippen molar-refractivity contribution in [1.29, 1.82) is 0 Å². The topological polar surface area (TPSA) is 150 Å². The Labute approximate surface area is 270 Å². The summed E-state index contributed by atoms with van der Waals surface area (Å²) in [5.74, 6) is 0.902. The summed E-state index contributed by atoms with van der Waals surface area (Å²) in [6.07, 6.45) is 9.23. The molecule has 12 nitrogen and oxygen atoms in total. The number of H-pyrrole nitrogens is 2. The van der Waals surface area contributed by atoms with Gasteiger partial charge in [-0.05, 0) is 76.3 Å². The van der Waals surface area contributed by atoms with E-state index in [9.17, 15) is 9.18 Å². The minimum Gasteiger partial charge on any atom is -0.492 e. The van der Waals surface area contributed by atoms with Crippen LogP contribution in [0, 0.1) is 11.7 Å². The number of imidazole rings is 1. The van der Waals surface area contributed by atoms with Gasteiger partial charge in [-0.3, -0.25) is 24.8 Å². The van der Waals surface area contributed by atoms with Crippen molar-refractivity contribution in [3.8, 4) is 39.8 Å². The maximum absolute atomic E-state index is 14.7. The number of nitrogens with zero attached hydrogens (tertiary/aromatic N) is 6. The zero-order valence-corrected chi connectivity index (χ0v) is 26.2. The molecule has 0 atom stereocenters. The molecule has 0 saturated carbocycles. The van der Waals surface area contributed by atoms with Crippen molar-refractivity contribution in [2.75, 3.05) is 45.7 Å². The molecule has 4 N–H and O–H groups in total. The molecule has 6 heterocycles. The Morgan fingerprint density at radius 3 is 2.74 bits per heavy atom. The second-order valence-corrected chi connectivity index (χ2v) is 12.1. The van der Waals surface area contributed by atoms with Gasteiger partial charge in [-0.15, -0.1) is 0 Å². The van der Waals surface area contributed by atoms with E-state index in [0.717, 1.165) is 47.9 Å². The minimum absolute atomic E-state index is 0.0126. The molecule has 1 saturated heterocycles. The lowest BCUT2D eigenvalue weighted by atomic mass is 9.94. The fourth-order valence-electron chi connectivity index (χ4n) is 5.85. The highest BCUT2D eigenvalue weighted by atomic mass is 19.1. The zero-order chi connectivity index (χ0) is 32.3. The number of ether oxygens (including phenoxy) is 1. The second-order valence-electron chi connectivity index (χ2n) is 12.1.